The molecule has 8 rings (SSSR count). The number of fused-ring (bicyclic) bond motifs is 7. The van der Waals surface area contributed by atoms with Crippen LogP contribution in [0.15, 0.2) is 18.2 Å². The Balaban J connectivity index is 1.49. The number of aromatic nitrogens is 1. The first kappa shape index (κ1) is 20.6. The van der Waals surface area contributed by atoms with Gasteiger partial charge < -0.3 is 25.0 Å². The summed E-state index contributed by atoms with van der Waals surface area (Å²) in [6, 6.07) is 3.92. The standard InChI is InChI=1S/C27H31N3O4/c1-24(2)11-8-14-16(34-24)7-6-15-18-20(28-19(14)15)25(3,4)17-9-12-26-10-5-13-30(26)23(33)27(17,21(18)31)29-22(26)32/h6-8,11,17,21,28,31H,5,9-10,12-13H2,1-4H3,(H,29,32)/t17-,21-,26-,27+/m0/s1. The predicted molar refractivity (Wildman–Crippen MR) is 127 cm³/mol. The molecule has 2 spiro atoms. The molecule has 5 aliphatic heterocycles. The SMILES string of the molecule is CC1(C)C=Cc2c(ccc3c4c([nH]c23)C(C)(C)[C@@H]2CC[C@]35CCCN3C(=O)[C@]2(NC5=O)[C@H]4O)O1. The summed E-state index contributed by atoms with van der Waals surface area (Å²) in [4.78, 5) is 33.2. The number of carbonyl (C=O) groups is 2. The van der Waals surface area contributed by atoms with Crippen LogP contribution in [0, 0.1) is 5.92 Å². The molecular formula is C27H31N3O4. The molecule has 4 atom stereocenters. The van der Waals surface area contributed by atoms with Gasteiger partial charge in [-0.1, -0.05) is 13.8 Å². The smallest absolute Gasteiger partial charge is 0.252 e. The minimum atomic E-state index is -1.35. The number of hydrogen-bond acceptors (Lipinski definition) is 4. The van der Waals surface area contributed by atoms with Crippen molar-refractivity contribution in [2.45, 2.75) is 81.6 Å². The van der Waals surface area contributed by atoms with E-state index in [9.17, 15) is 14.7 Å². The van der Waals surface area contributed by atoms with Gasteiger partial charge in [-0.05, 0) is 63.8 Å². The summed E-state index contributed by atoms with van der Waals surface area (Å²) in [5.74, 6) is 0.359. The minimum absolute atomic E-state index is 0.0961. The van der Waals surface area contributed by atoms with E-state index in [0.29, 0.717) is 25.8 Å². The van der Waals surface area contributed by atoms with Gasteiger partial charge in [0.1, 0.15) is 23.0 Å². The van der Waals surface area contributed by atoms with Gasteiger partial charge in [0.2, 0.25) is 5.91 Å². The van der Waals surface area contributed by atoms with Crippen LogP contribution in [0.3, 0.4) is 0 Å². The van der Waals surface area contributed by atoms with Crippen molar-refractivity contribution >= 4 is 28.8 Å². The third kappa shape index (κ3) is 2.10. The van der Waals surface area contributed by atoms with Crippen LogP contribution in [0.4, 0.5) is 0 Å². The van der Waals surface area contributed by atoms with Gasteiger partial charge in [-0.2, -0.15) is 0 Å². The molecule has 2 aromatic rings. The topological polar surface area (TPSA) is 94.7 Å². The fourth-order valence-corrected chi connectivity index (χ4v) is 7.85. The third-order valence-electron chi connectivity index (χ3n) is 9.49. The van der Waals surface area contributed by atoms with Crippen LogP contribution >= 0.6 is 0 Å². The van der Waals surface area contributed by atoms with E-state index in [1.54, 1.807) is 4.90 Å². The monoisotopic (exact) mass is 461 g/mol. The predicted octanol–water partition coefficient (Wildman–Crippen LogP) is 3.32. The zero-order valence-corrected chi connectivity index (χ0v) is 20.1. The average molecular weight is 462 g/mol. The molecule has 6 aliphatic rings. The van der Waals surface area contributed by atoms with Gasteiger partial charge in [-0.3, -0.25) is 9.59 Å². The van der Waals surface area contributed by atoms with E-state index in [4.69, 9.17) is 4.74 Å². The molecule has 1 aromatic heterocycles. The third-order valence-corrected chi connectivity index (χ3v) is 9.49. The van der Waals surface area contributed by atoms with Crippen LogP contribution in [-0.2, 0) is 15.0 Å². The Hall–Kier alpha value is -2.80. The van der Waals surface area contributed by atoms with Crippen molar-refractivity contribution in [1.82, 2.24) is 15.2 Å². The Morgan fingerprint density at radius 1 is 1.15 bits per heavy atom. The number of amides is 2. The maximum absolute atomic E-state index is 14.2. The number of benzene rings is 1. The quantitative estimate of drug-likeness (QED) is 0.561. The zero-order chi connectivity index (χ0) is 23.8. The van der Waals surface area contributed by atoms with Crippen molar-refractivity contribution in [3.05, 3.63) is 35.0 Å². The maximum atomic E-state index is 14.2. The first-order valence-corrected chi connectivity index (χ1v) is 12.4. The Bertz CT molecular complexity index is 1340. The molecule has 0 unspecified atom stereocenters. The van der Waals surface area contributed by atoms with Crippen molar-refractivity contribution in [2.75, 3.05) is 6.54 Å². The molecule has 2 bridgehead atoms. The summed E-state index contributed by atoms with van der Waals surface area (Å²) >= 11 is 0. The van der Waals surface area contributed by atoms with Gasteiger partial charge >= 0.3 is 0 Å². The van der Waals surface area contributed by atoms with Gasteiger partial charge in [0.15, 0.2) is 5.54 Å². The van der Waals surface area contributed by atoms with E-state index in [1.807, 2.05) is 32.1 Å². The molecule has 34 heavy (non-hydrogen) atoms. The van der Waals surface area contributed by atoms with Crippen LogP contribution in [0.25, 0.3) is 17.0 Å². The number of carbonyl (C=O) groups excluding carboxylic acids is 2. The van der Waals surface area contributed by atoms with Crippen LogP contribution in [0.2, 0.25) is 0 Å². The summed E-state index contributed by atoms with van der Waals surface area (Å²) in [7, 11) is 0. The van der Waals surface area contributed by atoms with Crippen LogP contribution in [-0.4, -0.2) is 50.0 Å². The van der Waals surface area contributed by atoms with Gasteiger partial charge in [0, 0.05) is 40.1 Å². The van der Waals surface area contributed by atoms with E-state index in [1.165, 1.54) is 0 Å². The number of aliphatic hydroxyl groups excluding tert-OH is 1. The Morgan fingerprint density at radius 2 is 1.94 bits per heavy atom. The number of hydrogen-bond donors (Lipinski definition) is 3. The van der Waals surface area contributed by atoms with Crippen LogP contribution < -0.4 is 10.1 Å². The van der Waals surface area contributed by atoms with E-state index in [2.05, 4.69) is 30.2 Å². The zero-order valence-electron chi connectivity index (χ0n) is 20.1. The lowest BCUT2D eigenvalue weighted by molar-refractivity contribution is -0.168. The molecule has 4 saturated heterocycles. The molecule has 178 valence electrons. The van der Waals surface area contributed by atoms with E-state index < -0.39 is 28.2 Å². The summed E-state index contributed by atoms with van der Waals surface area (Å²) in [5, 5.41) is 16.1. The summed E-state index contributed by atoms with van der Waals surface area (Å²) in [6.07, 6.45) is 5.85. The van der Waals surface area contributed by atoms with Crippen molar-refractivity contribution < 1.29 is 19.4 Å². The fraction of sp³-hybridized carbons (Fsp3) is 0.556. The molecule has 0 radical (unpaired) electrons. The summed E-state index contributed by atoms with van der Waals surface area (Å²) in [5.41, 5.74) is 0.563. The second-order valence-electron chi connectivity index (χ2n) is 12.0. The highest BCUT2D eigenvalue weighted by atomic mass is 16.5. The largest absolute Gasteiger partial charge is 0.483 e. The van der Waals surface area contributed by atoms with Gasteiger partial charge in [0.25, 0.3) is 5.91 Å². The van der Waals surface area contributed by atoms with Crippen molar-refractivity contribution in [3.63, 3.8) is 0 Å². The minimum Gasteiger partial charge on any atom is -0.483 e. The summed E-state index contributed by atoms with van der Waals surface area (Å²) < 4.78 is 6.19. The molecule has 0 saturated carbocycles. The molecule has 2 amide bonds. The lowest BCUT2D eigenvalue weighted by Crippen LogP contribution is -2.77. The number of piperazine rings is 1. The van der Waals surface area contributed by atoms with Gasteiger partial charge in [0.05, 0.1) is 5.52 Å². The molecule has 1 aromatic carbocycles. The number of nitrogens with zero attached hydrogens (tertiary/aromatic N) is 1. The first-order valence-electron chi connectivity index (χ1n) is 12.4. The second kappa shape index (κ2) is 5.88. The number of H-pyrrole nitrogens is 1. The van der Waals surface area contributed by atoms with Crippen molar-refractivity contribution in [3.8, 4) is 5.75 Å². The molecule has 7 nitrogen and oxygen atoms in total. The number of rotatable bonds is 0. The van der Waals surface area contributed by atoms with Crippen molar-refractivity contribution in [1.29, 1.82) is 0 Å². The number of aliphatic hydroxyl groups is 1. The number of nitrogens with one attached hydrogen (secondary N) is 2. The summed E-state index contributed by atoms with van der Waals surface area (Å²) in [6.45, 7) is 8.90. The molecule has 3 N–H and O–H groups in total. The fourth-order valence-electron chi connectivity index (χ4n) is 7.85. The Kier molecular flexibility index (Phi) is 3.55. The van der Waals surface area contributed by atoms with Crippen LogP contribution in [0.1, 0.15) is 76.3 Å². The normalized spacial score (nSPS) is 36.3. The molecule has 1 aliphatic carbocycles. The lowest BCUT2D eigenvalue weighted by atomic mass is 9.56. The molecule has 4 fully saturated rings. The highest BCUT2D eigenvalue weighted by molar-refractivity contribution is 6.05. The highest BCUT2D eigenvalue weighted by Gasteiger charge is 2.72. The second-order valence-corrected chi connectivity index (χ2v) is 12.0. The Morgan fingerprint density at radius 3 is 2.74 bits per heavy atom. The van der Waals surface area contributed by atoms with Crippen LogP contribution in [0.5, 0.6) is 5.75 Å². The van der Waals surface area contributed by atoms with Crippen molar-refractivity contribution in [2.24, 2.45) is 5.92 Å². The average Bonchev–Trinajstić information content (AvgIpc) is 3.32. The van der Waals surface area contributed by atoms with Gasteiger partial charge in [-0.25, -0.2) is 0 Å². The molecule has 6 heterocycles. The van der Waals surface area contributed by atoms with Gasteiger partial charge in [-0.15, -0.1) is 0 Å². The van der Waals surface area contributed by atoms with E-state index in [-0.39, 0.29) is 17.7 Å². The maximum Gasteiger partial charge on any atom is 0.252 e. The van der Waals surface area contributed by atoms with E-state index >= 15 is 0 Å². The van der Waals surface area contributed by atoms with E-state index in [0.717, 1.165) is 39.9 Å². The lowest BCUT2D eigenvalue weighted by Gasteiger charge is -2.55. The highest BCUT2D eigenvalue weighted by Crippen LogP contribution is 2.60. The number of ether oxygens (including phenoxy) is 1. The molecule has 7 heteroatoms. The first-order chi connectivity index (χ1) is 16.0. The molecular weight excluding hydrogens is 430 g/mol. The number of aromatic amines is 1. The Labute approximate surface area is 198 Å².